The molecular weight excluding hydrogens is 279 g/mol. The first-order valence-corrected chi connectivity index (χ1v) is 6.84. The quantitative estimate of drug-likeness (QED) is 0.919. The second-order valence-corrected chi connectivity index (χ2v) is 4.89. The van der Waals surface area contributed by atoms with E-state index in [-0.39, 0.29) is 6.54 Å². The molecule has 0 aliphatic heterocycles. The summed E-state index contributed by atoms with van der Waals surface area (Å²) in [4.78, 5) is 5.62. The third-order valence-corrected chi connectivity index (χ3v) is 3.22. The normalized spacial score (nSPS) is 11.9. The van der Waals surface area contributed by atoms with Gasteiger partial charge in [0.05, 0.1) is 11.2 Å². The monoisotopic (exact) mass is 297 g/mol. The van der Waals surface area contributed by atoms with E-state index >= 15 is 0 Å². The number of hydrogen-bond donors (Lipinski definition) is 1. The predicted molar refractivity (Wildman–Crippen MR) is 78.2 cm³/mol. The number of nitrogens with zero attached hydrogens (tertiary/aromatic N) is 2. The Hall–Kier alpha value is -1.82. The Morgan fingerprint density at radius 2 is 1.95 bits per heavy atom. The number of nitrogens with two attached hydrogens (primary N) is 1. The highest BCUT2D eigenvalue weighted by Crippen LogP contribution is 2.31. The van der Waals surface area contributed by atoms with Gasteiger partial charge < -0.3 is 10.6 Å². The summed E-state index contributed by atoms with van der Waals surface area (Å²) in [5, 5.41) is 0.707. The molecule has 0 saturated carbocycles. The second-order valence-electron chi connectivity index (χ2n) is 4.89. The number of anilines is 1. The lowest BCUT2D eigenvalue weighted by Crippen LogP contribution is -2.35. The molecule has 3 nitrogen and oxygen atoms in total. The van der Waals surface area contributed by atoms with E-state index in [1.165, 1.54) is 4.90 Å². The maximum absolute atomic E-state index is 12.9. The number of rotatable bonds is 5. The average molecular weight is 297 g/mol. The number of fused-ring (bicyclic) bond motifs is 1. The molecule has 0 spiro atoms. The fourth-order valence-corrected chi connectivity index (χ4v) is 2.45. The van der Waals surface area contributed by atoms with Crippen LogP contribution in [0.5, 0.6) is 0 Å². The lowest BCUT2D eigenvalue weighted by molar-refractivity contribution is -0.119. The minimum Gasteiger partial charge on any atom is -0.362 e. The van der Waals surface area contributed by atoms with E-state index in [1.807, 2.05) is 13.0 Å². The van der Waals surface area contributed by atoms with Crippen LogP contribution in [-0.4, -0.2) is 24.2 Å². The van der Waals surface area contributed by atoms with Gasteiger partial charge >= 0.3 is 6.18 Å². The number of benzene rings is 1. The van der Waals surface area contributed by atoms with E-state index in [2.05, 4.69) is 4.98 Å². The third kappa shape index (κ3) is 3.64. The van der Waals surface area contributed by atoms with Gasteiger partial charge in [0, 0.05) is 30.2 Å². The molecule has 0 bridgehead atoms. The molecule has 0 amide bonds. The van der Waals surface area contributed by atoms with Crippen molar-refractivity contribution in [2.75, 3.05) is 18.0 Å². The highest BCUT2D eigenvalue weighted by molar-refractivity contribution is 5.93. The van der Waals surface area contributed by atoms with Gasteiger partial charge in [-0.15, -0.1) is 0 Å². The summed E-state index contributed by atoms with van der Waals surface area (Å²) >= 11 is 0. The van der Waals surface area contributed by atoms with Gasteiger partial charge in [-0.3, -0.25) is 4.98 Å². The Bertz CT molecular complexity index is 611. The molecule has 1 aromatic carbocycles. The number of aromatic nitrogens is 1. The van der Waals surface area contributed by atoms with E-state index in [0.29, 0.717) is 35.1 Å². The van der Waals surface area contributed by atoms with Crippen molar-refractivity contribution in [2.45, 2.75) is 26.1 Å². The summed E-state index contributed by atoms with van der Waals surface area (Å²) in [5.74, 6) is 0. The maximum Gasteiger partial charge on any atom is 0.405 e. The molecule has 0 radical (unpaired) electrons. The van der Waals surface area contributed by atoms with E-state index in [4.69, 9.17) is 5.73 Å². The molecule has 0 atom stereocenters. The molecule has 0 aliphatic rings. The predicted octanol–water partition coefficient (Wildman–Crippen LogP) is 3.47. The molecule has 2 rings (SSSR count). The van der Waals surface area contributed by atoms with Gasteiger partial charge in [0.25, 0.3) is 0 Å². The van der Waals surface area contributed by atoms with Crippen LogP contribution < -0.4 is 10.6 Å². The van der Waals surface area contributed by atoms with Crippen LogP contribution in [-0.2, 0) is 6.54 Å². The highest BCUT2D eigenvalue weighted by Gasteiger charge is 2.32. The van der Waals surface area contributed by atoms with Crippen LogP contribution in [0.15, 0.2) is 30.5 Å². The summed E-state index contributed by atoms with van der Waals surface area (Å²) in [5.41, 5.74) is 7.54. The molecular formula is C15H18F3N3. The SMILES string of the molecule is CCCN(CC(F)(F)F)c1c(CN)cnc2ccccc12. The van der Waals surface area contributed by atoms with Gasteiger partial charge in [-0.25, -0.2) is 0 Å². The molecule has 0 unspecified atom stereocenters. The van der Waals surface area contributed by atoms with Crippen LogP contribution in [0.2, 0.25) is 0 Å². The van der Waals surface area contributed by atoms with Crippen molar-refractivity contribution in [3.05, 3.63) is 36.0 Å². The molecule has 2 N–H and O–H groups in total. The maximum atomic E-state index is 12.9. The van der Waals surface area contributed by atoms with Crippen molar-refractivity contribution >= 4 is 16.6 Å². The number of halogens is 3. The van der Waals surface area contributed by atoms with E-state index in [1.54, 1.807) is 24.4 Å². The van der Waals surface area contributed by atoms with Gasteiger partial charge in [-0.1, -0.05) is 25.1 Å². The van der Waals surface area contributed by atoms with Crippen molar-refractivity contribution in [1.29, 1.82) is 0 Å². The molecule has 114 valence electrons. The summed E-state index contributed by atoms with van der Waals surface area (Å²) in [6, 6.07) is 7.19. The van der Waals surface area contributed by atoms with E-state index in [0.717, 1.165) is 0 Å². The Labute approximate surface area is 121 Å². The largest absolute Gasteiger partial charge is 0.405 e. The van der Waals surface area contributed by atoms with Gasteiger partial charge in [-0.2, -0.15) is 13.2 Å². The Morgan fingerprint density at radius 1 is 1.24 bits per heavy atom. The lowest BCUT2D eigenvalue weighted by atomic mass is 10.1. The summed E-state index contributed by atoms with van der Waals surface area (Å²) in [6.45, 7) is 1.35. The molecule has 6 heteroatoms. The van der Waals surface area contributed by atoms with Crippen LogP contribution in [0.4, 0.5) is 18.9 Å². The number of hydrogen-bond acceptors (Lipinski definition) is 3. The number of para-hydroxylation sites is 1. The number of pyridine rings is 1. The molecule has 0 fully saturated rings. The number of alkyl halides is 3. The fraction of sp³-hybridized carbons (Fsp3) is 0.400. The van der Waals surface area contributed by atoms with Crippen molar-refractivity contribution in [1.82, 2.24) is 4.98 Å². The molecule has 1 heterocycles. The average Bonchev–Trinajstić information content (AvgIpc) is 2.44. The zero-order valence-electron chi connectivity index (χ0n) is 11.8. The second kappa shape index (κ2) is 6.30. The minimum absolute atomic E-state index is 0.158. The zero-order chi connectivity index (χ0) is 15.5. The van der Waals surface area contributed by atoms with Crippen LogP contribution in [0.3, 0.4) is 0 Å². The van der Waals surface area contributed by atoms with Crippen molar-refractivity contribution in [3.8, 4) is 0 Å². The van der Waals surface area contributed by atoms with Gasteiger partial charge in [-0.05, 0) is 12.5 Å². The summed E-state index contributed by atoms with van der Waals surface area (Å²) in [6.07, 6.45) is -2.07. The zero-order valence-corrected chi connectivity index (χ0v) is 11.8. The van der Waals surface area contributed by atoms with Crippen LogP contribution in [0.25, 0.3) is 10.9 Å². The molecule has 0 saturated heterocycles. The third-order valence-electron chi connectivity index (χ3n) is 3.22. The molecule has 0 aliphatic carbocycles. The summed E-state index contributed by atoms with van der Waals surface area (Å²) in [7, 11) is 0. The van der Waals surface area contributed by atoms with Crippen LogP contribution in [0, 0.1) is 0 Å². The topological polar surface area (TPSA) is 42.1 Å². The first-order chi connectivity index (χ1) is 9.96. The standard InChI is InChI=1S/C15H18F3N3/c1-2-7-21(10-15(16,17)18)14-11(8-19)9-20-13-6-4-3-5-12(13)14/h3-6,9H,2,7-8,10,19H2,1H3. The Balaban J connectivity index is 2.58. The van der Waals surface area contributed by atoms with Crippen molar-refractivity contribution in [2.24, 2.45) is 5.73 Å². The Morgan fingerprint density at radius 3 is 2.57 bits per heavy atom. The minimum atomic E-state index is -4.26. The van der Waals surface area contributed by atoms with E-state index in [9.17, 15) is 13.2 Å². The van der Waals surface area contributed by atoms with Gasteiger partial charge in [0.1, 0.15) is 6.54 Å². The first-order valence-electron chi connectivity index (χ1n) is 6.84. The van der Waals surface area contributed by atoms with E-state index < -0.39 is 12.7 Å². The highest BCUT2D eigenvalue weighted by atomic mass is 19.4. The fourth-order valence-electron chi connectivity index (χ4n) is 2.45. The van der Waals surface area contributed by atoms with Crippen LogP contribution >= 0.6 is 0 Å². The Kier molecular flexibility index (Phi) is 4.67. The molecule has 1 aromatic heterocycles. The van der Waals surface area contributed by atoms with Crippen molar-refractivity contribution in [3.63, 3.8) is 0 Å². The lowest BCUT2D eigenvalue weighted by Gasteiger charge is -2.28. The van der Waals surface area contributed by atoms with Crippen LogP contribution in [0.1, 0.15) is 18.9 Å². The molecule has 21 heavy (non-hydrogen) atoms. The summed E-state index contributed by atoms with van der Waals surface area (Å²) < 4.78 is 38.6. The molecule has 2 aromatic rings. The first kappa shape index (κ1) is 15.6. The smallest absolute Gasteiger partial charge is 0.362 e. The van der Waals surface area contributed by atoms with Crippen molar-refractivity contribution < 1.29 is 13.2 Å². The van der Waals surface area contributed by atoms with Gasteiger partial charge in [0.2, 0.25) is 0 Å². The van der Waals surface area contributed by atoms with Gasteiger partial charge in [0.15, 0.2) is 0 Å².